The van der Waals surface area contributed by atoms with Gasteiger partial charge in [0, 0.05) is 0 Å². The fraction of sp³-hybridized carbons (Fsp3) is 0.250. The average Bonchev–Trinajstić information content (AvgIpc) is 2.16. The van der Waals surface area contributed by atoms with Crippen molar-refractivity contribution < 1.29 is 19.6 Å². The summed E-state index contributed by atoms with van der Waals surface area (Å²) in [5, 5.41) is 19.8. The standard InChI is InChI=1S/C8H8N2O6/c1-2-16-8(13)6-4(10(14)15)3-5(11)9-7(6)12/h3H,2H2,1H3,(H2,9,11,12). The normalized spacial score (nSPS) is 9.81. The minimum atomic E-state index is -1.07. The number of ether oxygens (including phenoxy) is 1. The zero-order valence-electron chi connectivity index (χ0n) is 8.22. The van der Waals surface area contributed by atoms with Crippen LogP contribution in [0, 0.1) is 10.1 Å². The van der Waals surface area contributed by atoms with Crippen LogP contribution in [0.1, 0.15) is 17.3 Å². The number of carbonyl (C=O) groups is 1. The van der Waals surface area contributed by atoms with E-state index in [1.54, 1.807) is 0 Å². The number of H-pyrrole nitrogens is 1. The molecular formula is C8H8N2O6. The molecule has 0 saturated heterocycles. The van der Waals surface area contributed by atoms with E-state index in [9.17, 15) is 24.8 Å². The van der Waals surface area contributed by atoms with E-state index in [0.29, 0.717) is 6.07 Å². The SMILES string of the molecule is CCOC(=O)c1c([N+](=O)[O-])cc(=O)[nH]c1O. The highest BCUT2D eigenvalue weighted by Gasteiger charge is 2.27. The summed E-state index contributed by atoms with van der Waals surface area (Å²) in [4.78, 5) is 33.7. The van der Waals surface area contributed by atoms with E-state index in [-0.39, 0.29) is 6.61 Å². The molecule has 1 aromatic rings. The maximum absolute atomic E-state index is 11.3. The number of nitrogens with zero attached hydrogens (tertiary/aromatic N) is 1. The number of nitro groups is 1. The van der Waals surface area contributed by atoms with Crippen molar-refractivity contribution in [2.75, 3.05) is 6.61 Å². The highest BCUT2D eigenvalue weighted by molar-refractivity contribution is 5.96. The number of carbonyl (C=O) groups excluding carboxylic acids is 1. The summed E-state index contributed by atoms with van der Waals surface area (Å²) < 4.78 is 4.51. The highest BCUT2D eigenvalue weighted by Crippen LogP contribution is 2.23. The molecule has 0 aliphatic heterocycles. The maximum atomic E-state index is 11.3. The number of nitrogens with one attached hydrogen (secondary N) is 1. The predicted octanol–water partition coefficient (Wildman–Crippen LogP) is 0.165. The molecule has 0 aromatic carbocycles. The third kappa shape index (κ3) is 2.16. The van der Waals surface area contributed by atoms with Crippen molar-refractivity contribution in [1.82, 2.24) is 4.98 Å². The van der Waals surface area contributed by atoms with Crippen molar-refractivity contribution >= 4 is 11.7 Å². The molecule has 0 aliphatic carbocycles. The molecule has 16 heavy (non-hydrogen) atoms. The summed E-state index contributed by atoms with van der Waals surface area (Å²) in [6, 6.07) is 0.603. The van der Waals surface area contributed by atoms with Crippen LogP contribution in [0.15, 0.2) is 10.9 Å². The molecule has 0 amide bonds. The number of aromatic nitrogens is 1. The molecule has 8 heteroatoms. The van der Waals surface area contributed by atoms with Gasteiger partial charge in [-0.15, -0.1) is 0 Å². The molecule has 0 unspecified atom stereocenters. The van der Waals surface area contributed by atoms with Gasteiger partial charge >= 0.3 is 5.97 Å². The quantitative estimate of drug-likeness (QED) is 0.431. The Bertz CT molecular complexity index is 492. The van der Waals surface area contributed by atoms with Gasteiger partial charge in [-0.3, -0.25) is 19.9 Å². The second-order valence-electron chi connectivity index (χ2n) is 2.72. The van der Waals surface area contributed by atoms with Crippen LogP contribution in [0.4, 0.5) is 5.69 Å². The molecule has 0 spiro atoms. The lowest BCUT2D eigenvalue weighted by atomic mass is 10.2. The Kier molecular flexibility index (Phi) is 3.24. The van der Waals surface area contributed by atoms with Gasteiger partial charge in [-0.25, -0.2) is 4.79 Å². The summed E-state index contributed by atoms with van der Waals surface area (Å²) in [6.45, 7) is 1.50. The topological polar surface area (TPSA) is 123 Å². The monoisotopic (exact) mass is 228 g/mol. The Balaban J connectivity index is 3.41. The molecule has 0 aliphatic rings. The van der Waals surface area contributed by atoms with Gasteiger partial charge in [0.15, 0.2) is 5.56 Å². The number of pyridine rings is 1. The average molecular weight is 228 g/mol. The van der Waals surface area contributed by atoms with Crippen molar-refractivity contribution in [3.8, 4) is 5.88 Å². The zero-order valence-corrected chi connectivity index (χ0v) is 8.22. The van der Waals surface area contributed by atoms with Gasteiger partial charge in [0.2, 0.25) is 5.88 Å². The lowest BCUT2D eigenvalue weighted by Gasteiger charge is -2.03. The van der Waals surface area contributed by atoms with E-state index in [2.05, 4.69) is 4.74 Å². The van der Waals surface area contributed by atoms with Crippen LogP contribution in [0.3, 0.4) is 0 Å². The number of aromatic hydroxyl groups is 1. The maximum Gasteiger partial charge on any atom is 0.350 e. The molecule has 1 heterocycles. The smallest absolute Gasteiger partial charge is 0.350 e. The van der Waals surface area contributed by atoms with E-state index in [4.69, 9.17) is 0 Å². The molecule has 1 rings (SSSR count). The Morgan fingerprint density at radius 1 is 1.69 bits per heavy atom. The number of aromatic amines is 1. The molecule has 0 saturated carbocycles. The zero-order chi connectivity index (χ0) is 12.3. The van der Waals surface area contributed by atoms with Crippen molar-refractivity contribution in [2.24, 2.45) is 0 Å². The lowest BCUT2D eigenvalue weighted by Crippen LogP contribution is -2.14. The van der Waals surface area contributed by atoms with Crippen molar-refractivity contribution in [2.45, 2.75) is 6.92 Å². The Labute approximate surface area is 88.6 Å². The van der Waals surface area contributed by atoms with Crippen LogP contribution < -0.4 is 5.56 Å². The molecule has 0 radical (unpaired) electrons. The lowest BCUT2D eigenvalue weighted by molar-refractivity contribution is -0.385. The van der Waals surface area contributed by atoms with Crippen molar-refractivity contribution in [3.05, 3.63) is 32.1 Å². The molecule has 0 atom stereocenters. The Morgan fingerprint density at radius 3 is 2.81 bits per heavy atom. The molecule has 1 aromatic heterocycles. The van der Waals surface area contributed by atoms with Gasteiger partial charge in [0.05, 0.1) is 17.6 Å². The van der Waals surface area contributed by atoms with Gasteiger partial charge in [-0.05, 0) is 6.92 Å². The molecule has 2 N–H and O–H groups in total. The summed E-state index contributed by atoms with van der Waals surface area (Å²) >= 11 is 0. The van der Waals surface area contributed by atoms with Crippen LogP contribution in [0.5, 0.6) is 5.88 Å². The molecule has 86 valence electrons. The third-order valence-corrected chi connectivity index (χ3v) is 1.68. The minimum Gasteiger partial charge on any atom is -0.494 e. The Morgan fingerprint density at radius 2 is 2.31 bits per heavy atom. The van der Waals surface area contributed by atoms with E-state index in [0.717, 1.165) is 0 Å². The highest BCUT2D eigenvalue weighted by atomic mass is 16.6. The Hall–Kier alpha value is -2.38. The van der Waals surface area contributed by atoms with Crippen LogP contribution >= 0.6 is 0 Å². The van der Waals surface area contributed by atoms with Crippen LogP contribution in [-0.2, 0) is 4.74 Å². The van der Waals surface area contributed by atoms with Gasteiger partial charge in [0.25, 0.3) is 11.2 Å². The first-order valence-electron chi connectivity index (χ1n) is 4.25. The fourth-order valence-corrected chi connectivity index (χ4v) is 1.08. The van der Waals surface area contributed by atoms with Crippen LogP contribution in [0.25, 0.3) is 0 Å². The van der Waals surface area contributed by atoms with E-state index < -0.39 is 33.6 Å². The second-order valence-corrected chi connectivity index (χ2v) is 2.72. The second kappa shape index (κ2) is 4.43. The molecular weight excluding hydrogens is 220 g/mol. The first kappa shape index (κ1) is 11.7. The van der Waals surface area contributed by atoms with Gasteiger partial charge in [-0.2, -0.15) is 0 Å². The van der Waals surface area contributed by atoms with Crippen LogP contribution in [0.2, 0.25) is 0 Å². The van der Waals surface area contributed by atoms with Crippen molar-refractivity contribution in [3.63, 3.8) is 0 Å². The number of rotatable bonds is 3. The molecule has 8 nitrogen and oxygen atoms in total. The third-order valence-electron chi connectivity index (χ3n) is 1.68. The molecule has 0 fully saturated rings. The summed E-state index contributed by atoms with van der Waals surface area (Å²) in [6.07, 6.45) is 0. The summed E-state index contributed by atoms with van der Waals surface area (Å²) in [7, 11) is 0. The number of hydrogen-bond acceptors (Lipinski definition) is 6. The van der Waals surface area contributed by atoms with Gasteiger partial charge < -0.3 is 9.84 Å². The van der Waals surface area contributed by atoms with Crippen molar-refractivity contribution in [1.29, 1.82) is 0 Å². The number of esters is 1. The summed E-state index contributed by atoms with van der Waals surface area (Å²) in [5.74, 6) is -1.94. The molecule has 0 bridgehead atoms. The van der Waals surface area contributed by atoms with E-state index in [1.165, 1.54) is 6.92 Å². The first-order valence-corrected chi connectivity index (χ1v) is 4.25. The van der Waals surface area contributed by atoms with E-state index in [1.807, 2.05) is 4.98 Å². The fourth-order valence-electron chi connectivity index (χ4n) is 1.08. The number of hydrogen-bond donors (Lipinski definition) is 2. The first-order chi connectivity index (χ1) is 7.47. The van der Waals surface area contributed by atoms with Crippen LogP contribution in [-0.4, -0.2) is 27.6 Å². The predicted molar refractivity (Wildman–Crippen MR) is 51.3 cm³/mol. The van der Waals surface area contributed by atoms with E-state index >= 15 is 0 Å². The summed E-state index contributed by atoms with van der Waals surface area (Å²) in [5.41, 5.74) is -2.33. The minimum absolute atomic E-state index is 0.00540. The van der Waals surface area contributed by atoms with Gasteiger partial charge in [0.1, 0.15) is 0 Å². The van der Waals surface area contributed by atoms with Gasteiger partial charge in [-0.1, -0.05) is 0 Å². The largest absolute Gasteiger partial charge is 0.494 e.